The summed E-state index contributed by atoms with van der Waals surface area (Å²) in [6, 6.07) is 0. The molecule has 0 aliphatic heterocycles. The Hall–Kier alpha value is -1.85. The van der Waals surface area contributed by atoms with Gasteiger partial charge in [0, 0.05) is 26.3 Å². The SMILES string of the molecule is CCCn1cc(C(=O)N(C)CCC(=O)O)cn1. The van der Waals surface area contributed by atoms with Gasteiger partial charge in [-0.1, -0.05) is 6.92 Å². The highest BCUT2D eigenvalue weighted by Gasteiger charge is 2.14. The first-order valence-electron chi connectivity index (χ1n) is 5.54. The smallest absolute Gasteiger partial charge is 0.305 e. The Balaban J connectivity index is 2.58. The number of hydrogen-bond donors (Lipinski definition) is 1. The fraction of sp³-hybridized carbons (Fsp3) is 0.545. The van der Waals surface area contributed by atoms with Crippen LogP contribution < -0.4 is 0 Å². The van der Waals surface area contributed by atoms with Crippen molar-refractivity contribution in [3.05, 3.63) is 18.0 Å². The number of carboxylic acid groups (broad SMARTS) is 1. The predicted octanol–water partition coefficient (Wildman–Crippen LogP) is 0.840. The summed E-state index contributed by atoms with van der Waals surface area (Å²) in [5, 5.41) is 12.6. The fourth-order valence-corrected chi connectivity index (χ4v) is 1.41. The molecule has 0 atom stereocenters. The molecule has 0 bridgehead atoms. The number of rotatable bonds is 6. The Morgan fingerprint density at radius 1 is 1.53 bits per heavy atom. The van der Waals surface area contributed by atoms with E-state index in [2.05, 4.69) is 5.10 Å². The number of aromatic nitrogens is 2. The van der Waals surface area contributed by atoms with E-state index in [0.29, 0.717) is 5.56 Å². The number of carboxylic acids is 1. The van der Waals surface area contributed by atoms with E-state index in [1.807, 2.05) is 6.92 Å². The Kier molecular flexibility index (Phi) is 4.68. The van der Waals surface area contributed by atoms with Crippen LogP contribution in [0.5, 0.6) is 0 Å². The van der Waals surface area contributed by atoms with Crippen molar-refractivity contribution in [2.75, 3.05) is 13.6 Å². The van der Waals surface area contributed by atoms with E-state index in [1.165, 1.54) is 11.1 Å². The molecule has 0 saturated heterocycles. The maximum atomic E-state index is 11.9. The van der Waals surface area contributed by atoms with E-state index in [1.54, 1.807) is 17.9 Å². The molecule has 0 spiro atoms. The van der Waals surface area contributed by atoms with Gasteiger partial charge in [0.2, 0.25) is 0 Å². The highest BCUT2D eigenvalue weighted by molar-refractivity contribution is 5.93. The lowest BCUT2D eigenvalue weighted by Crippen LogP contribution is -2.28. The van der Waals surface area contributed by atoms with Crippen LogP contribution in [0, 0.1) is 0 Å². The Bertz CT molecular complexity index is 400. The average molecular weight is 239 g/mol. The van der Waals surface area contributed by atoms with Crippen molar-refractivity contribution in [3.63, 3.8) is 0 Å². The summed E-state index contributed by atoms with van der Waals surface area (Å²) in [5.74, 6) is -1.11. The zero-order valence-corrected chi connectivity index (χ0v) is 10.1. The lowest BCUT2D eigenvalue weighted by molar-refractivity contribution is -0.137. The molecule has 0 radical (unpaired) electrons. The average Bonchev–Trinajstić information content (AvgIpc) is 2.74. The van der Waals surface area contributed by atoms with Crippen molar-refractivity contribution >= 4 is 11.9 Å². The van der Waals surface area contributed by atoms with Gasteiger partial charge in [0.15, 0.2) is 0 Å². The second-order valence-corrected chi connectivity index (χ2v) is 3.86. The van der Waals surface area contributed by atoms with Crippen LogP contribution in [0.3, 0.4) is 0 Å². The number of aryl methyl sites for hydroxylation is 1. The van der Waals surface area contributed by atoms with Crippen molar-refractivity contribution in [1.29, 1.82) is 0 Å². The number of amides is 1. The van der Waals surface area contributed by atoms with Gasteiger partial charge in [-0.05, 0) is 6.42 Å². The monoisotopic (exact) mass is 239 g/mol. The van der Waals surface area contributed by atoms with E-state index >= 15 is 0 Å². The molecule has 1 aromatic rings. The molecule has 1 heterocycles. The topological polar surface area (TPSA) is 75.4 Å². The van der Waals surface area contributed by atoms with Crippen LogP contribution in [0.25, 0.3) is 0 Å². The van der Waals surface area contributed by atoms with Crippen molar-refractivity contribution in [1.82, 2.24) is 14.7 Å². The fourth-order valence-electron chi connectivity index (χ4n) is 1.41. The number of carbonyl (C=O) groups excluding carboxylic acids is 1. The van der Waals surface area contributed by atoms with E-state index in [9.17, 15) is 9.59 Å². The Morgan fingerprint density at radius 3 is 2.82 bits per heavy atom. The number of hydrogen-bond acceptors (Lipinski definition) is 3. The zero-order valence-electron chi connectivity index (χ0n) is 10.1. The van der Waals surface area contributed by atoms with Crippen LogP contribution in [0.1, 0.15) is 30.1 Å². The largest absolute Gasteiger partial charge is 0.481 e. The maximum Gasteiger partial charge on any atom is 0.305 e. The molecule has 1 rings (SSSR count). The van der Waals surface area contributed by atoms with E-state index in [4.69, 9.17) is 5.11 Å². The summed E-state index contributed by atoms with van der Waals surface area (Å²) in [5.41, 5.74) is 0.492. The van der Waals surface area contributed by atoms with E-state index in [-0.39, 0.29) is 18.9 Å². The molecule has 6 heteroatoms. The van der Waals surface area contributed by atoms with Crippen LogP contribution in [0.2, 0.25) is 0 Å². The van der Waals surface area contributed by atoms with Crippen LogP contribution in [0.4, 0.5) is 0 Å². The molecule has 0 unspecified atom stereocenters. The minimum absolute atomic E-state index is 0.0503. The molecule has 1 amide bonds. The Labute approximate surface area is 99.8 Å². The van der Waals surface area contributed by atoms with E-state index in [0.717, 1.165) is 13.0 Å². The molecule has 94 valence electrons. The highest BCUT2D eigenvalue weighted by Crippen LogP contribution is 2.03. The highest BCUT2D eigenvalue weighted by atomic mass is 16.4. The van der Waals surface area contributed by atoms with Crippen LogP contribution >= 0.6 is 0 Å². The van der Waals surface area contributed by atoms with Crippen LogP contribution in [-0.2, 0) is 11.3 Å². The second-order valence-electron chi connectivity index (χ2n) is 3.86. The summed E-state index contributed by atoms with van der Waals surface area (Å²) in [6.07, 6.45) is 4.09. The van der Waals surface area contributed by atoms with Gasteiger partial charge in [0.05, 0.1) is 18.2 Å². The van der Waals surface area contributed by atoms with Crippen molar-refractivity contribution in [3.8, 4) is 0 Å². The summed E-state index contributed by atoms with van der Waals surface area (Å²) < 4.78 is 1.71. The molecule has 0 aliphatic rings. The van der Waals surface area contributed by atoms with Crippen molar-refractivity contribution in [2.45, 2.75) is 26.3 Å². The normalized spacial score (nSPS) is 10.2. The van der Waals surface area contributed by atoms with Gasteiger partial charge in [0.25, 0.3) is 5.91 Å². The molecule has 0 fully saturated rings. The first-order valence-corrected chi connectivity index (χ1v) is 5.54. The van der Waals surface area contributed by atoms with Gasteiger partial charge in [-0.3, -0.25) is 14.3 Å². The number of carbonyl (C=O) groups is 2. The molecule has 0 aromatic carbocycles. The van der Waals surface area contributed by atoms with Crippen LogP contribution in [0.15, 0.2) is 12.4 Å². The maximum absolute atomic E-state index is 11.9. The third-order valence-corrected chi connectivity index (χ3v) is 2.34. The third-order valence-electron chi connectivity index (χ3n) is 2.34. The number of nitrogens with zero attached hydrogens (tertiary/aromatic N) is 3. The lowest BCUT2D eigenvalue weighted by Gasteiger charge is -2.14. The van der Waals surface area contributed by atoms with Crippen LogP contribution in [-0.4, -0.2) is 45.3 Å². The van der Waals surface area contributed by atoms with Crippen molar-refractivity contribution < 1.29 is 14.7 Å². The number of aliphatic carboxylic acids is 1. The summed E-state index contributed by atoms with van der Waals surface area (Å²) >= 11 is 0. The van der Waals surface area contributed by atoms with Gasteiger partial charge in [-0.2, -0.15) is 5.10 Å². The minimum Gasteiger partial charge on any atom is -0.481 e. The molecule has 1 N–H and O–H groups in total. The lowest BCUT2D eigenvalue weighted by atomic mass is 10.3. The molecule has 0 aliphatic carbocycles. The van der Waals surface area contributed by atoms with Gasteiger partial charge in [0.1, 0.15) is 0 Å². The van der Waals surface area contributed by atoms with Gasteiger partial charge in [-0.15, -0.1) is 0 Å². The molecular formula is C11H17N3O3. The zero-order chi connectivity index (χ0) is 12.8. The molecule has 1 aromatic heterocycles. The minimum atomic E-state index is -0.911. The molecule has 17 heavy (non-hydrogen) atoms. The van der Waals surface area contributed by atoms with Gasteiger partial charge in [-0.25, -0.2) is 0 Å². The third kappa shape index (κ3) is 3.90. The summed E-state index contributed by atoms with van der Waals surface area (Å²) in [6.45, 7) is 3.00. The Morgan fingerprint density at radius 2 is 2.24 bits per heavy atom. The van der Waals surface area contributed by atoms with Gasteiger partial charge < -0.3 is 10.0 Å². The summed E-state index contributed by atoms with van der Waals surface area (Å²) in [4.78, 5) is 23.6. The first kappa shape index (κ1) is 13.2. The first-order chi connectivity index (χ1) is 8.04. The second kappa shape index (κ2) is 6.03. The summed E-state index contributed by atoms with van der Waals surface area (Å²) in [7, 11) is 1.59. The predicted molar refractivity (Wildman–Crippen MR) is 61.7 cm³/mol. The van der Waals surface area contributed by atoms with Crippen molar-refractivity contribution in [2.24, 2.45) is 0 Å². The quantitative estimate of drug-likeness (QED) is 0.798. The molecule has 0 saturated carbocycles. The van der Waals surface area contributed by atoms with Gasteiger partial charge >= 0.3 is 5.97 Å². The molecular weight excluding hydrogens is 222 g/mol. The standard InChI is InChI=1S/C11H17N3O3/c1-3-5-14-8-9(7-12-14)11(17)13(2)6-4-10(15)16/h7-8H,3-6H2,1-2H3,(H,15,16). The molecule has 6 nitrogen and oxygen atoms in total. The van der Waals surface area contributed by atoms with E-state index < -0.39 is 5.97 Å².